The molecule has 0 atom stereocenters. The van der Waals surface area contributed by atoms with E-state index in [4.69, 9.17) is 0 Å². The highest BCUT2D eigenvalue weighted by molar-refractivity contribution is 5.64. The highest BCUT2D eigenvalue weighted by atomic mass is 16.6. The number of benzene rings is 1. The molecule has 6 nitrogen and oxygen atoms in total. The Kier molecular flexibility index (Phi) is 5.01. The summed E-state index contributed by atoms with van der Waals surface area (Å²) in [6, 6.07) is 5.17. The average molecular weight is 292 g/mol. The van der Waals surface area contributed by atoms with Crippen LogP contribution in [0.5, 0.6) is 0 Å². The summed E-state index contributed by atoms with van der Waals surface area (Å²) in [6.07, 6.45) is 2.38. The van der Waals surface area contributed by atoms with Crippen LogP contribution in [0, 0.1) is 16.0 Å². The first-order valence-corrected chi connectivity index (χ1v) is 7.36. The molecule has 0 amide bonds. The molecule has 0 spiro atoms. The molecular weight excluding hydrogens is 268 g/mol. The van der Waals surface area contributed by atoms with Gasteiger partial charge in [-0.05, 0) is 45.0 Å². The van der Waals surface area contributed by atoms with Crippen LogP contribution in [-0.4, -0.2) is 50.6 Å². The summed E-state index contributed by atoms with van der Waals surface area (Å²) in [6.45, 7) is 3.21. The van der Waals surface area contributed by atoms with Gasteiger partial charge in [-0.25, -0.2) is 0 Å². The number of likely N-dealkylation sites (tertiary alicyclic amines) is 1. The van der Waals surface area contributed by atoms with E-state index in [1.807, 2.05) is 13.1 Å². The summed E-state index contributed by atoms with van der Waals surface area (Å²) in [5.41, 5.74) is 1.80. The molecule has 116 valence electrons. The first-order valence-electron chi connectivity index (χ1n) is 7.36. The van der Waals surface area contributed by atoms with Crippen molar-refractivity contribution in [1.82, 2.24) is 4.90 Å². The summed E-state index contributed by atoms with van der Waals surface area (Å²) < 4.78 is 0. The molecular formula is C15H24N4O2. The lowest BCUT2D eigenvalue weighted by Crippen LogP contribution is -2.35. The molecule has 1 aromatic carbocycles. The third kappa shape index (κ3) is 4.07. The van der Waals surface area contributed by atoms with Gasteiger partial charge in [-0.1, -0.05) is 0 Å². The van der Waals surface area contributed by atoms with E-state index in [9.17, 15) is 10.1 Å². The predicted octanol–water partition coefficient (Wildman–Crippen LogP) is 2.41. The molecule has 6 heteroatoms. The fourth-order valence-electron chi connectivity index (χ4n) is 2.80. The summed E-state index contributed by atoms with van der Waals surface area (Å²) in [5.74, 6) is 0.656. The van der Waals surface area contributed by atoms with Crippen molar-refractivity contribution in [2.45, 2.75) is 12.8 Å². The number of piperidine rings is 1. The zero-order valence-corrected chi connectivity index (χ0v) is 13.0. The van der Waals surface area contributed by atoms with Crippen molar-refractivity contribution >= 4 is 17.1 Å². The number of nitro groups is 1. The lowest BCUT2D eigenvalue weighted by atomic mass is 9.96. The van der Waals surface area contributed by atoms with E-state index in [1.165, 1.54) is 12.8 Å². The second-order valence-electron chi connectivity index (χ2n) is 5.87. The van der Waals surface area contributed by atoms with Crippen LogP contribution in [0.15, 0.2) is 18.2 Å². The zero-order chi connectivity index (χ0) is 15.4. The molecule has 0 unspecified atom stereocenters. The van der Waals surface area contributed by atoms with Crippen LogP contribution in [0.25, 0.3) is 0 Å². The number of anilines is 2. The van der Waals surface area contributed by atoms with Gasteiger partial charge in [0.15, 0.2) is 0 Å². The van der Waals surface area contributed by atoms with E-state index < -0.39 is 0 Å². The van der Waals surface area contributed by atoms with Crippen molar-refractivity contribution in [3.63, 3.8) is 0 Å². The van der Waals surface area contributed by atoms with E-state index in [1.54, 1.807) is 19.2 Å². The first kappa shape index (κ1) is 15.6. The monoisotopic (exact) mass is 292 g/mol. The number of nitrogens with one attached hydrogen (secondary N) is 1. The van der Waals surface area contributed by atoms with Gasteiger partial charge < -0.3 is 15.1 Å². The lowest BCUT2D eigenvalue weighted by molar-refractivity contribution is -0.384. The Morgan fingerprint density at radius 1 is 1.38 bits per heavy atom. The van der Waals surface area contributed by atoms with Crippen LogP contribution in [0.3, 0.4) is 0 Å². The maximum Gasteiger partial charge on any atom is 0.273 e. The number of hydrogen-bond donors (Lipinski definition) is 1. The van der Waals surface area contributed by atoms with Gasteiger partial charge in [0.1, 0.15) is 0 Å². The fraction of sp³-hybridized carbons (Fsp3) is 0.600. The molecule has 1 saturated heterocycles. The molecule has 0 aliphatic carbocycles. The van der Waals surface area contributed by atoms with Crippen molar-refractivity contribution in [2.24, 2.45) is 5.92 Å². The Hall–Kier alpha value is -1.82. The summed E-state index contributed by atoms with van der Waals surface area (Å²) >= 11 is 0. The normalized spacial score (nSPS) is 16.7. The molecule has 0 bridgehead atoms. The maximum absolute atomic E-state index is 11.0. The average Bonchev–Trinajstić information content (AvgIpc) is 2.49. The van der Waals surface area contributed by atoms with Crippen LogP contribution < -0.4 is 10.2 Å². The van der Waals surface area contributed by atoms with Gasteiger partial charge in [-0.15, -0.1) is 0 Å². The van der Waals surface area contributed by atoms with Gasteiger partial charge in [0, 0.05) is 44.1 Å². The molecule has 21 heavy (non-hydrogen) atoms. The van der Waals surface area contributed by atoms with Gasteiger partial charge in [-0.2, -0.15) is 0 Å². The molecule has 2 rings (SSSR count). The maximum atomic E-state index is 11.0. The van der Waals surface area contributed by atoms with Gasteiger partial charge in [0.05, 0.1) is 4.92 Å². The Balaban J connectivity index is 2.09. The summed E-state index contributed by atoms with van der Waals surface area (Å²) in [7, 11) is 5.94. The van der Waals surface area contributed by atoms with E-state index in [2.05, 4.69) is 22.2 Å². The molecule has 1 aromatic rings. The Labute approximate surface area is 125 Å². The molecule has 0 aromatic heterocycles. The number of rotatable bonds is 5. The van der Waals surface area contributed by atoms with Crippen LogP contribution >= 0.6 is 0 Å². The number of nitro benzene ring substituents is 1. The Bertz CT molecular complexity index is 498. The quantitative estimate of drug-likeness (QED) is 0.667. The largest absolute Gasteiger partial charge is 0.388 e. The number of nitrogens with zero attached hydrogens (tertiary/aromatic N) is 3. The third-order valence-corrected chi connectivity index (χ3v) is 4.21. The van der Waals surface area contributed by atoms with E-state index in [-0.39, 0.29) is 10.6 Å². The smallest absolute Gasteiger partial charge is 0.273 e. The van der Waals surface area contributed by atoms with Crippen LogP contribution in [0.4, 0.5) is 17.1 Å². The zero-order valence-electron chi connectivity index (χ0n) is 13.0. The van der Waals surface area contributed by atoms with Crippen molar-refractivity contribution < 1.29 is 4.92 Å². The predicted molar refractivity (Wildman–Crippen MR) is 86.1 cm³/mol. The third-order valence-electron chi connectivity index (χ3n) is 4.21. The molecule has 1 heterocycles. The topological polar surface area (TPSA) is 61.6 Å². The highest BCUT2D eigenvalue weighted by Gasteiger charge is 2.19. The second-order valence-corrected chi connectivity index (χ2v) is 5.87. The minimum atomic E-state index is -0.340. The second kappa shape index (κ2) is 6.76. The highest BCUT2D eigenvalue weighted by Crippen LogP contribution is 2.28. The molecule has 1 N–H and O–H groups in total. The van der Waals surface area contributed by atoms with Gasteiger partial charge in [-0.3, -0.25) is 10.1 Å². The van der Waals surface area contributed by atoms with Crippen LogP contribution in [0.1, 0.15) is 12.8 Å². The fourth-order valence-corrected chi connectivity index (χ4v) is 2.80. The molecule has 1 aliphatic rings. The summed E-state index contributed by atoms with van der Waals surface area (Å²) in [4.78, 5) is 15.2. The van der Waals surface area contributed by atoms with Crippen molar-refractivity contribution in [2.75, 3.05) is 51.0 Å². The number of non-ortho nitro benzene ring substituents is 1. The van der Waals surface area contributed by atoms with Gasteiger partial charge in [0.2, 0.25) is 0 Å². The van der Waals surface area contributed by atoms with Gasteiger partial charge in [0.25, 0.3) is 5.69 Å². The molecule has 1 fully saturated rings. The van der Waals surface area contributed by atoms with Crippen molar-refractivity contribution in [1.29, 1.82) is 0 Å². The Morgan fingerprint density at radius 3 is 2.62 bits per heavy atom. The SMILES string of the molecule is CNc1cc(N(C)CC2CCN(C)CC2)cc([N+](=O)[O-])c1. The molecule has 0 radical (unpaired) electrons. The number of hydrogen-bond acceptors (Lipinski definition) is 5. The summed E-state index contributed by atoms with van der Waals surface area (Å²) in [5, 5.41) is 14.0. The van der Waals surface area contributed by atoms with Crippen LogP contribution in [-0.2, 0) is 0 Å². The molecule has 1 aliphatic heterocycles. The van der Waals surface area contributed by atoms with E-state index >= 15 is 0 Å². The minimum Gasteiger partial charge on any atom is -0.388 e. The van der Waals surface area contributed by atoms with Gasteiger partial charge >= 0.3 is 0 Å². The van der Waals surface area contributed by atoms with E-state index in [0.29, 0.717) is 5.92 Å². The van der Waals surface area contributed by atoms with E-state index in [0.717, 1.165) is 31.0 Å². The first-order chi connectivity index (χ1) is 9.99. The van der Waals surface area contributed by atoms with Crippen molar-refractivity contribution in [3.05, 3.63) is 28.3 Å². The van der Waals surface area contributed by atoms with Crippen molar-refractivity contribution in [3.8, 4) is 0 Å². The van der Waals surface area contributed by atoms with Crippen LogP contribution in [0.2, 0.25) is 0 Å². The standard InChI is InChI=1S/C15H24N4O2/c1-16-13-8-14(10-15(9-13)19(20)21)18(3)11-12-4-6-17(2)7-5-12/h8-10,12,16H,4-7,11H2,1-3H3. The minimum absolute atomic E-state index is 0.132. The Morgan fingerprint density at radius 2 is 2.05 bits per heavy atom. The molecule has 0 saturated carbocycles. The lowest BCUT2D eigenvalue weighted by Gasteiger charge is -2.32.